The van der Waals surface area contributed by atoms with Gasteiger partial charge in [-0.2, -0.15) is 0 Å². The Balaban J connectivity index is 2.00. The smallest absolute Gasteiger partial charge is 0.347 e. The summed E-state index contributed by atoms with van der Waals surface area (Å²) in [7, 11) is 0. The van der Waals surface area contributed by atoms with Crippen molar-refractivity contribution in [2.24, 2.45) is 17.8 Å². The molecule has 132 valence electrons. The van der Waals surface area contributed by atoms with Gasteiger partial charge in [0.05, 0.1) is 11.1 Å². The van der Waals surface area contributed by atoms with E-state index in [1.165, 1.54) is 5.57 Å². The molecule has 0 radical (unpaired) electrons. The van der Waals surface area contributed by atoms with Crippen LogP contribution >= 0.6 is 0 Å². The molecule has 3 aliphatic rings. The number of aryl methyl sites for hydroxylation is 2. The summed E-state index contributed by atoms with van der Waals surface area (Å²) < 4.78 is 10.8. The van der Waals surface area contributed by atoms with E-state index in [-0.39, 0.29) is 5.92 Å². The Labute approximate surface area is 147 Å². The Morgan fingerprint density at radius 2 is 1.64 bits per heavy atom. The van der Waals surface area contributed by atoms with E-state index in [1.54, 1.807) is 0 Å². The van der Waals surface area contributed by atoms with Gasteiger partial charge in [-0.3, -0.25) is 0 Å². The van der Waals surface area contributed by atoms with Gasteiger partial charge >= 0.3 is 11.9 Å². The molecule has 2 saturated carbocycles. The average Bonchev–Trinajstić information content (AvgIpc) is 3.26. The van der Waals surface area contributed by atoms with Gasteiger partial charge < -0.3 is 9.15 Å². The van der Waals surface area contributed by atoms with Crippen LogP contribution < -0.4 is 0 Å². The summed E-state index contributed by atoms with van der Waals surface area (Å²) in [6, 6.07) is 1.96. The highest BCUT2D eigenvalue weighted by Crippen LogP contribution is 2.53. The molecule has 0 amide bonds. The zero-order valence-electron chi connectivity index (χ0n) is 15.3. The number of cyclic esters (lactones) is 2. The first-order valence-electron chi connectivity index (χ1n) is 9.21. The van der Waals surface area contributed by atoms with Gasteiger partial charge in [-0.15, -0.1) is 0 Å². The fourth-order valence-corrected chi connectivity index (χ4v) is 4.99. The van der Waals surface area contributed by atoms with Crippen LogP contribution in [0, 0.1) is 31.6 Å². The van der Waals surface area contributed by atoms with E-state index >= 15 is 0 Å². The summed E-state index contributed by atoms with van der Waals surface area (Å²) in [5, 5.41) is 0. The molecular weight excluding hydrogens is 316 g/mol. The first kappa shape index (κ1) is 16.4. The van der Waals surface area contributed by atoms with Gasteiger partial charge in [-0.05, 0) is 74.5 Å². The zero-order chi connectivity index (χ0) is 17.9. The van der Waals surface area contributed by atoms with Gasteiger partial charge in [0.1, 0.15) is 11.5 Å². The first-order chi connectivity index (χ1) is 11.9. The van der Waals surface area contributed by atoms with Crippen LogP contribution in [-0.4, -0.2) is 11.9 Å². The fraction of sp³-hybridized carbons (Fsp3) is 0.524. The van der Waals surface area contributed by atoms with Crippen molar-refractivity contribution in [3.05, 3.63) is 39.9 Å². The molecule has 25 heavy (non-hydrogen) atoms. The Bertz CT molecular complexity index is 812. The lowest BCUT2D eigenvalue weighted by Crippen LogP contribution is -2.08. The number of rotatable bonds is 2. The van der Waals surface area contributed by atoms with Crippen LogP contribution in [0.1, 0.15) is 56.6 Å². The van der Waals surface area contributed by atoms with Crippen LogP contribution in [0.2, 0.25) is 0 Å². The van der Waals surface area contributed by atoms with Crippen molar-refractivity contribution in [1.29, 1.82) is 0 Å². The lowest BCUT2D eigenvalue weighted by atomic mass is 9.85. The minimum atomic E-state index is -0.499. The number of hydrogen-bond acceptors (Lipinski definition) is 4. The molecule has 2 bridgehead atoms. The monoisotopic (exact) mass is 340 g/mol. The molecule has 0 unspecified atom stereocenters. The molecule has 1 saturated heterocycles. The Kier molecular flexibility index (Phi) is 3.75. The van der Waals surface area contributed by atoms with E-state index in [0.717, 1.165) is 48.3 Å². The number of ether oxygens (including phenoxy) is 1. The molecule has 0 atom stereocenters. The Hall–Kier alpha value is -2.10. The maximum Gasteiger partial charge on any atom is 0.347 e. The van der Waals surface area contributed by atoms with Crippen LogP contribution in [0.4, 0.5) is 0 Å². The van der Waals surface area contributed by atoms with Crippen molar-refractivity contribution >= 4 is 17.5 Å². The van der Waals surface area contributed by atoms with Crippen LogP contribution in [0.3, 0.4) is 0 Å². The third-order valence-corrected chi connectivity index (χ3v) is 5.92. The third-order valence-electron chi connectivity index (χ3n) is 5.92. The van der Waals surface area contributed by atoms with Gasteiger partial charge in [0, 0.05) is 5.56 Å². The van der Waals surface area contributed by atoms with Gasteiger partial charge in [0.2, 0.25) is 0 Å². The van der Waals surface area contributed by atoms with Crippen molar-refractivity contribution in [3.8, 4) is 0 Å². The summed E-state index contributed by atoms with van der Waals surface area (Å²) >= 11 is 0. The summed E-state index contributed by atoms with van der Waals surface area (Å²) in [4.78, 5) is 25.2. The van der Waals surface area contributed by atoms with E-state index < -0.39 is 11.9 Å². The molecule has 4 nitrogen and oxygen atoms in total. The molecule has 4 heteroatoms. The predicted molar refractivity (Wildman–Crippen MR) is 93.5 cm³/mol. The topological polar surface area (TPSA) is 56.5 Å². The number of fused-ring (bicyclic) bond motifs is 2. The number of esters is 2. The van der Waals surface area contributed by atoms with E-state index in [0.29, 0.717) is 23.0 Å². The van der Waals surface area contributed by atoms with Crippen molar-refractivity contribution in [2.45, 2.75) is 53.4 Å². The second kappa shape index (κ2) is 5.72. The normalized spacial score (nSPS) is 27.7. The summed E-state index contributed by atoms with van der Waals surface area (Å²) in [5.41, 5.74) is 4.02. The van der Waals surface area contributed by atoms with Gasteiger partial charge in [0.25, 0.3) is 0 Å². The van der Waals surface area contributed by atoms with Crippen LogP contribution in [0.15, 0.2) is 27.2 Å². The second-order valence-electron chi connectivity index (χ2n) is 7.83. The number of allylic oxidation sites excluding steroid dienone is 2. The van der Waals surface area contributed by atoms with Crippen LogP contribution in [0.25, 0.3) is 5.57 Å². The Morgan fingerprint density at radius 1 is 1.04 bits per heavy atom. The van der Waals surface area contributed by atoms with Crippen LogP contribution in [-0.2, 0) is 14.3 Å². The van der Waals surface area contributed by atoms with E-state index in [4.69, 9.17) is 9.15 Å². The van der Waals surface area contributed by atoms with E-state index in [1.807, 2.05) is 33.8 Å². The molecule has 2 heterocycles. The third kappa shape index (κ3) is 2.42. The molecule has 0 spiro atoms. The fourth-order valence-electron chi connectivity index (χ4n) is 4.99. The highest BCUT2D eigenvalue weighted by Gasteiger charge is 2.46. The maximum atomic E-state index is 12.7. The molecule has 0 N–H and O–H groups in total. The number of hydrogen-bond donors (Lipinski definition) is 0. The molecule has 2 aliphatic carbocycles. The minimum absolute atomic E-state index is 0.0822. The number of carbonyl (C=O) groups excluding carboxylic acids is 2. The highest BCUT2D eigenvalue weighted by molar-refractivity contribution is 6.22. The Morgan fingerprint density at radius 3 is 2.12 bits per heavy atom. The van der Waals surface area contributed by atoms with E-state index in [2.05, 4.69) is 0 Å². The van der Waals surface area contributed by atoms with Crippen molar-refractivity contribution < 1.29 is 18.7 Å². The molecule has 3 fully saturated rings. The quantitative estimate of drug-likeness (QED) is 0.452. The molecule has 0 aromatic carbocycles. The standard InChI is InChI=1S/C21H24O4/c1-10(2)16(15-9-11(3)24-12(15)4)18-19(21(23)25-20(18)22)17-13-5-6-14(17)8-7-13/h9-10,13-14H,5-8H2,1-4H3/b18-16+,19-17?. The van der Waals surface area contributed by atoms with E-state index in [9.17, 15) is 9.59 Å². The maximum absolute atomic E-state index is 12.7. The highest BCUT2D eigenvalue weighted by atomic mass is 16.6. The van der Waals surface area contributed by atoms with Crippen molar-refractivity contribution in [1.82, 2.24) is 0 Å². The van der Waals surface area contributed by atoms with Gasteiger partial charge in [-0.1, -0.05) is 13.8 Å². The lowest BCUT2D eigenvalue weighted by Gasteiger charge is -2.15. The van der Waals surface area contributed by atoms with Gasteiger partial charge in [0.15, 0.2) is 0 Å². The molecule has 1 aromatic heterocycles. The summed E-state index contributed by atoms with van der Waals surface area (Å²) in [6.45, 7) is 7.89. The molecule has 4 rings (SSSR count). The largest absolute Gasteiger partial charge is 0.466 e. The minimum Gasteiger partial charge on any atom is -0.466 e. The number of carbonyl (C=O) groups is 2. The second-order valence-corrected chi connectivity index (χ2v) is 7.83. The summed E-state index contributed by atoms with van der Waals surface area (Å²) in [5.74, 6) is 1.59. The lowest BCUT2D eigenvalue weighted by molar-refractivity contribution is -0.149. The molecular formula is C21H24O4. The van der Waals surface area contributed by atoms with Crippen LogP contribution in [0.5, 0.6) is 0 Å². The predicted octanol–water partition coefficient (Wildman–Crippen LogP) is 4.51. The SMILES string of the molecule is Cc1cc(/C(=C2/C(=O)OC(=O)C2=C2C3CCC2CC3)C(C)C)c(C)o1. The van der Waals surface area contributed by atoms with Crippen molar-refractivity contribution in [3.63, 3.8) is 0 Å². The molecule has 1 aromatic rings. The number of furan rings is 1. The summed E-state index contributed by atoms with van der Waals surface area (Å²) in [6.07, 6.45) is 4.50. The zero-order valence-corrected chi connectivity index (χ0v) is 15.3. The molecule has 1 aliphatic heterocycles. The average molecular weight is 340 g/mol. The van der Waals surface area contributed by atoms with Gasteiger partial charge in [-0.25, -0.2) is 9.59 Å². The first-order valence-corrected chi connectivity index (χ1v) is 9.21. The van der Waals surface area contributed by atoms with Crippen molar-refractivity contribution in [2.75, 3.05) is 0 Å².